The van der Waals surface area contributed by atoms with Gasteiger partial charge >= 0.3 is 11.9 Å². The van der Waals surface area contributed by atoms with E-state index < -0.39 is 81.2 Å². The van der Waals surface area contributed by atoms with Gasteiger partial charge in [-0.3, -0.25) is 0 Å². The second-order valence-corrected chi connectivity index (χ2v) is 4.63. The van der Waals surface area contributed by atoms with E-state index in [1.807, 2.05) is 0 Å². The minimum atomic E-state index is -2.67. The summed E-state index contributed by atoms with van der Waals surface area (Å²) in [6, 6.07) is 0. The number of hydrogen-bond acceptors (Lipinski definition) is 4. The van der Waals surface area contributed by atoms with E-state index in [0.717, 1.165) is 0 Å². The summed E-state index contributed by atoms with van der Waals surface area (Å²) in [5, 5.41) is 0. The first-order chi connectivity index (χ1) is 12.9. The summed E-state index contributed by atoms with van der Waals surface area (Å²) in [6.07, 6.45) is 0. The van der Waals surface area contributed by atoms with Crippen LogP contribution in [0.1, 0.15) is 20.7 Å². The molecular weight excluding hydrogens is 422 g/mol. The van der Waals surface area contributed by atoms with Gasteiger partial charge in [0.1, 0.15) is 11.1 Å². The van der Waals surface area contributed by atoms with Gasteiger partial charge in [0.05, 0.1) is 0 Å². The van der Waals surface area contributed by atoms with Crippen molar-refractivity contribution in [2.75, 3.05) is 0 Å². The van der Waals surface area contributed by atoms with Gasteiger partial charge in [-0.05, 0) is 0 Å². The summed E-state index contributed by atoms with van der Waals surface area (Å²) < 4.78 is 131. The SMILES string of the molecule is O=C(OOC(=O)c1c(F)c(F)c(F)c(F)c1F)c1c(F)c(F)c(F)c(F)c1F. The van der Waals surface area contributed by atoms with Crippen LogP contribution in [0.5, 0.6) is 0 Å². The Morgan fingerprint density at radius 3 is 0.786 bits per heavy atom. The van der Waals surface area contributed by atoms with Crippen molar-refractivity contribution in [1.29, 1.82) is 0 Å². The highest BCUT2D eigenvalue weighted by Crippen LogP contribution is 2.25. The lowest BCUT2D eigenvalue weighted by molar-refractivity contribution is -0.188. The van der Waals surface area contributed by atoms with E-state index in [-0.39, 0.29) is 0 Å². The van der Waals surface area contributed by atoms with E-state index in [1.54, 1.807) is 0 Å². The molecule has 150 valence electrons. The largest absolute Gasteiger partial charge is 0.392 e. The number of benzene rings is 2. The molecule has 0 aliphatic carbocycles. The molecule has 0 heterocycles. The van der Waals surface area contributed by atoms with Crippen LogP contribution in [-0.4, -0.2) is 11.9 Å². The molecule has 0 aliphatic heterocycles. The van der Waals surface area contributed by atoms with Crippen molar-refractivity contribution in [1.82, 2.24) is 0 Å². The molecule has 4 nitrogen and oxygen atoms in total. The fourth-order valence-electron chi connectivity index (χ4n) is 1.73. The first-order valence-corrected chi connectivity index (χ1v) is 6.37. The molecule has 0 saturated heterocycles. The molecule has 0 fully saturated rings. The van der Waals surface area contributed by atoms with Crippen molar-refractivity contribution in [3.63, 3.8) is 0 Å². The molecule has 0 atom stereocenters. The lowest BCUT2D eigenvalue weighted by Crippen LogP contribution is -2.20. The zero-order chi connectivity index (χ0) is 21.5. The van der Waals surface area contributed by atoms with Gasteiger partial charge in [0.15, 0.2) is 46.5 Å². The summed E-state index contributed by atoms with van der Waals surface area (Å²) in [4.78, 5) is 29.5. The van der Waals surface area contributed by atoms with E-state index in [0.29, 0.717) is 0 Å². The first-order valence-electron chi connectivity index (χ1n) is 6.37. The Morgan fingerprint density at radius 2 is 0.571 bits per heavy atom. The molecule has 28 heavy (non-hydrogen) atoms. The molecule has 0 spiro atoms. The van der Waals surface area contributed by atoms with Crippen LogP contribution < -0.4 is 0 Å². The standard InChI is InChI=1S/C14F10O4/c15-3-1(4(16)8(20)11(23)7(3)19)13(25)27-28-14(26)2-5(17)9(21)12(24)10(22)6(2)18. The Bertz CT molecular complexity index is 881. The second-order valence-electron chi connectivity index (χ2n) is 4.63. The highest BCUT2D eigenvalue weighted by Gasteiger charge is 2.34. The molecule has 0 saturated carbocycles. The van der Waals surface area contributed by atoms with Gasteiger partial charge in [0.25, 0.3) is 0 Å². The minimum absolute atomic E-state index is 2.26. The predicted molar refractivity (Wildman–Crippen MR) is 63.3 cm³/mol. The lowest BCUT2D eigenvalue weighted by atomic mass is 10.1. The molecule has 0 amide bonds. The minimum Gasteiger partial charge on any atom is -0.241 e. The second kappa shape index (κ2) is 7.36. The molecule has 0 radical (unpaired) electrons. The molecule has 2 rings (SSSR count). The van der Waals surface area contributed by atoms with Crippen LogP contribution in [0.3, 0.4) is 0 Å². The molecule has 2 aromatic carbocycles. The van der Waals surface area contributed by atoms with Crippen LogP contribution in [0, 0.1) is 58.2 Å². The maximum Gasteiger partial charge on any atom is 0.392 e. The van der Waals surface area contributed by atoms with Gasteiger partial charge in [-0.2, -0.15) is 0 Å². The Morgan fingerprint density at radius 1 is 0.393 bits per heavy atom. The van der Waals surface area contributed by atoms with Crippen molar-refractivity contribution in [2.45, 2.75) is 0 Å². The first kappa shape index (κ1) is 21.0. The van der Waals surface area contributed by atoms with E-state index >= 15 is 0 Å². The third kappa shape index (κ3) is 3.20. The van der Waals surface area contributed by atoms with Crippen LogP contribution >= 0.6 is 0 Å². The highest BCUT2D eigenvalue weighted by molar-refractivity contribution is 5.93. The van der Waals surface area contributed by atoms with Gasteiger partial charge in [0.2, 0.25) is 11.6 Å². The maximum atomic E-state index is 13.4. The van der Waals surface area contributed by atoms with Crippen molar-refractivity contribution in [2.24, 2.45) is 0 Å². The normalized spacial score (nSPS) is 10.8. The molecule has 2 aromatic rings. The summed E-state index contributed by atoms with van der Waals surface area (Å²) in [6.45, 7) is 0. The molecule has 0 aromatic heterocycles. The lowest BCUT2D eigenvalue weighted by Gasteiger charge is -2.09. The third-order valence-electron chi connectivity index (χ3n) is 3.02. The van der Waals surface area contributed by atoms with E-state index in [1.165, 1.54) is 0 Å². The number of halogens is 10. The zero-order valence-corrected chi connectivity index (χ0v) is 12.4. The quantitative estimate of drug-likeness (QED) is 0.241. The van der Waals surface area contributed by atoms with Crippen molar-refractivity contribution in [3.8, 4) is 0 Å². The Hall–Kier alpha value is -3.32. The molecular formula is C14F10O4. The van der Waals surface area contributed by atoms with Crippen LogP contribution in [0.2, 0.25) is 0 Å². The van der Waals surface area contributed by atoms with E-state index in [9.17, 15) is 53.5 Å². The summed E-state index contributed by atoms with van der Waals surface area (Å²) in [7, 11) is 0. The zero-order valence-electron chi connectivity index (χ0n) is 12.4. The highest BCUT2D eigenvalue weighted by atomic mass is 19.2. The predicted octanol–water partition coefficient (Wildman–Crippen LogP) is 4.01. The van der Waals surface area contributed by atoms with Gasteiger partial charge < -0.3 is 0 Å². The fourth-order valence-corrected chi connectivity index (χ4v) is 1.73. The monoisotopic (exact) mass is 422 g/mol. The summed E-state index contributed by atoms with van der Waals surface area (Å²) >= 11 is 0. The van der Waals surface area contributed by atoms with Crippen molar-refractivity contribution in [3.05, 3.63) is 69.3 Å². The number of carbonyl (C=O) groups is 2. The Kier molecular flexibility index (Phi) is 5.52. The average Bonchev–Trinajstić information content (AvgIpc) is 2.66. The maximum absolute atomic E-state index is 13.4. The van der Waals surface area contributed by atoms with Gasteiger partial charge in [-0.25, -0.2) is 63.3 Å². The van der Waals surface area contributed by atoms with Crippen molar-refractivity contribution >= 4 is 11.9 Å². The van der Waals surface area contributed by atoms with Crippen molar-refractivity contribution < 1.29 is 63.3 Å². The molecule has 0 N–H and O–H groups in total. The van der Waals surface area contributed by atoms with Crippen LogP contribution in [-0.2, 0) is 9.78 Å². The van der Waals surface area contributed by atoms with Gasteiger partial charge in [0, 0.05) is 0 Å². The van der Waals surface area contributed by atoms with Crippen LogP contribution in [0.4, 0.5) is 43.9 Å². The topological polar surface area (TPSA) is 52.6 Å². The molecule has 14 heteroatoms. The average molecular weight is 422 g/mol. The Balaban J connectivity index is 2.34. The van der Waals surface area contributed by atoms with E-state index in [2.05, 4.69) is 9.78 Å². The molecule has 0 aliphatic rings. The molecule has 0 unspecified atom stereocenters. The van der Waals surface area contributed by atoms with E-state index in [4.69, 9.17) is 0 Å². The molecule has 0 bridgehead atoms. The van der Waals surface area contributed by atoms with Gasteiger partial charge in [-0.1, -0.05) is 0 Å². The number of rotatable bonds is 2. The smallest absolute Gasteiger partial charge is 0.241 e. The Labute approximate surface area is 145 Å². The van der Waals surface area contributed by atoms with Gasteiger partial charge in [-0.15, -0.1) is 0 Å². The van der Waals surface area contributed by atoms with Crippen LogP contribution in [0.15, 0.2) is 0 Å². The summed E-state index contributed by atoms with van der Waals surface area (Å²) in [5.74, 6) is -31.6. The number of hydrogen-bond donors (Lipinski definition) is 0. The fraction of sp³-hybridized carbons (Fsp3) is 0. The third-order valence-corrected chi connectivity index (χ3v) is 3.02. The van der Waals surface area contributed by atoms with Crippen LogP contribution in [0.25, 0.3) is 0 Å². The summed E-state index contributed by atoms with van der Waals surface area (Å²) in [5.41, 5.74) is -4.52. The number of carbonyl (C=O) groups excluding carboxylic acids is 2.